The fourth-order valence-corrected chi connectivity index (χ4v) is 0.474. The molecule has 0 atom stereocenters. The number of aliphatic hydroxyl groups excluding tert-OH is 1. The van der Waals surface area contributed by atoms with Gasteiger partial charge in [0.15, 0.2) is 0 Å². The molecule has 3 N–H and O–H groups in total. The maximum Gasteiger partial charge on any atom is 0.315 e. The van der Waals surface area contributed by atoms with Gasteiger partial charge in [-0.3, -0.25) is 0 Å². The standard InChI is InChI=1S/C5H11N2O2/c1-2-7(3-4-8)5(6)9/h2,8H,3-4H2,1H3,(H2,6,9). The molecule has 4 heteroatoms. The highest BCUT2D eigenvalue weighted by molar-refractivity contribution is 5.72. The maximum absolute atomic E-state index is 10.3. The van der Waals surface area contributed by atoms with Crippen molar-refractivity contribution in [3.63, 3.8) is 0 Å². The molecule has 0 saturated heterocycles. The molecule has 2 amide bonds. The van der Waals surface area contributed by atoms with E-state index in [9.17, 15) is 4.79 Å². The van der Waals surface area contributed by atoms with E-state index in [0.29, 0.717) is 0 Å². The average molecular weight is 131 g/mol. The second-order valence-corrected chi connectivity index (χ2v) is 1.51. The lowest BCUT2D eigenvalue weighted by Gasteiger charge is -2.14. The summed E-state index contributed by atoms with van der Waals surface area (Å²) in [7, 11) is 0. The number of carbonyl (C=O) groups is 1. The molecule has 4 nitrogen and oxygen atoms in total. The van der Waals surface area contributed by atoms with Crippen molar-refractivity contribution >= 4 is 6.03 Å². The zero-order chi connectivity index (χ0) is 7.28. The Morgan fingerprint density at radius 2 is 2.44 bits per heavy atom. The molecule has 9 heavy (non-hydrogen) atoms. The van der Waals surface area contributed by atoms with Crippen molar-refractivity contribution in [3.8, 4) is 0 Å². The van der Waals surface area contributed by atoms with Crippen LogP contribution >= 0.6 is 0 Å². The lowest BCUT2D eigenvalue weighted by molar-refractivity contribution is 0.199. The van der Waals surface area contributed by atoms with E-state index in [0.717, 1.165) is 0 Å². The molecule has 53 valence electrons. The summed E-state index contributed by atoms with van der Waals surface area (Å²) in [5.41, 5.74) is 4.88. The summed E-state index contributed by atoms with van der Waals surface area (Å²) < 4.78 is 0. The zero-order valence-corrected chi connectivity index (χ0v) is 5.37. The van der Waals surface area contributed by atoms with Gasteiger partial charge in [0.05, 0.1) is 13.2 Å². The van der Waals surface area contributed by atoms with Crippen LogP contribution in [0.5, 0.6) is 0 Å². The quantitative estimate of drug-likeness (QED) is 0.544. The molecule has 0 aromatic carbocycles. The summed E-state index contributed by atoms with van der Waals surface area (Å²) in [6.07, 6.45) is 0. The van der Waals surface area contributed by atoms with E-state index >= 15 is 0 Å². The molecule has 0 aliphatic rings. The number of rotatable bonds is 3. The molecule has 0 saturated carbocycles. The third-order valence-electron chi connectivity index (χ3n) is 0.936. The van der Waals surface area contributed by atoms with Crippen molar-refractivity contribution in [1.29, 1.82) is 0 Å². The second-order valence-electron chi connectivity index (χ2n) is 1.51. The molecule has 0 unspecified atom stereocenters. The highest BCUT2D eigenvalue weighted by atomic mass is 16.3. The predicted molar refractivity (Wildman–Crippen MR) is 33.3 cm³/mol. The highest BCUT2D eigenvalue weighted by Crippen LogP contribution is 1.88. The van der Waals surface area contributed by atoms with Crippen molar-refractivity contribution in [2.24, 2.45) is 5.73 Å². The number of urea groups is 1. The topological polar surface area (TPSA) is 66.6 Å². The van der Waals surface area contributed by atoms with Gasteiger partial charge in [-0.2, -0.15) is 0 Å². The maximum atomic E-state index is 10.3. The van der Waals surface area contributed by atoms with E-state index in [1.807, 2.05) is 0 Å². The molecular formula is C5H11N2O2. The summed E-state index contributed by atoms with van der Waals surface area (Å²) in [5.74, 6) is 0. The van der Waals surface area contributed by atoms with E-state index < -0.39 is 6.03 Å². The van der Waals surface area contributed by atoms with Gasteiger partial charge in [-0.05, 0) is 6.92 Å². The van der Waals surface area contributed by atoms with Gasteiger partial charge in [0.25, 0.3) is 0 Å². The van der Waals surface area contributed by atoms with E-state index in [1.165, 1.54) is 11.4 Å². The summed E-state index contributed by atoms with van der Waals surface area (Å²) in [5, 5.41) is 8.35. The molecule has 0 spiro atoms. The monoisotopic (exact) mass is 131 g/mol. The molecule has 0 fully saturated rings. The van der Waals surface area contributed by atoms with Crippen LogP contribution in [0.25, 0.3) is 0 Å². The number of hydrogen-bond acceptors (Lipinski definition) is 2. The normalized spacial score (nSPS) is 9.11. The van der Waals surface area contributed by atoms with Crippen LogP contribution in [-0.4, -0.2) is 29.2 Å². The minimum Gasteiger partial charge on any atom is -0.395 e. The van der Waals surface area contributed by atoms with Crippen LogP contribution < -0.4 is 5.73 Å². The Hall–Kier alpha value is -0.770. The fourth-order valence-electron chi connectivity index (χ4n) is 0.474. The Morgan fingerprint density at radius 1 is 1.89 bits per heavy atom. The lowest BCUT2D eigenvalue weighted by Crippen LogP contribution is -2.34. The first-order valence-corrected chi connectivity index (χ1v) is 2.68. The van der Waals surface area contributed by atoms with Gasteiger partial charge >= 0.3 is 6.03 Å². The first-order chi connectivity index (χ1) is 4.22. The Bertz CT molecular complexity index is 95.0. The van der Waals surface area contributed by atoms with Crippen LogP contribution in [-0.2, 0) is 0 Å². The van der Waals surface area contributed by atoms with Crippen LogP contribution in [0, 0.1) is 6.54 Å². The number of carbonyl (C=O) groups excluding carboxylic acids is 1. The minimum absolute atomic E-state index is 0.0622. The summed E-state index contributed by atoms with van der Waals surface area (Å²) in [4.78, 5) is 11.6. The Morgan fingerprint density at radius 3 is 2.56 bits per heavy atom. The van der Waals surface area contributed by atoms with Crippen LogP contribution in [0.4, 0.5) is 4.79 Å². The largest absolute Gasteiger partial charge is 0.395 e. The number of nitrogens with two attached hydrogens (primary N) is 1. The predicted octanol–water partition coefficient (Wildman–Crippen LogP) is -0.459. The molecule has 0 aliphatic heterocycles. The minimum atomic E-state index is -0.536. The summed E-state index contributed by atoms with van der Waals surface area (Å²) in [6.45, 7) is 3.41. The molecule has 0 aromatic rings. The van der Waals surface area contributed by atoms with Crippen LogP contribution in [0.2, 0.25) is 0 Å². The fraction of sp³-hybridized carbons (Fsp3) is 0.600. The van der Waals surface area contributed by atoms with Gasteiger partial charge in [0.2, 0.25) is 0 Å². The third kappa shape index (κ3) is 2.92. The molecule has 0 aliphatic carbocycles. The molecule has 0 bridgehead atoms. The SMILES string of the molecule is C[CH]N(CCO)C(N)=O. The van der Waals surface area contributed by atoms with E-state index in [4.69, 9.17) is 10.8 Å². The van der Waals surface area contributed by atoms with Crippen LogP contribution in [0.15, 0.2) is 0 Å². The number of primary amides is 1. The number of nitrogens with zero attached hydrogens (tertiary/aromatic N) is 1. The second kappa shape index (κ2) is 4.14. The summed E-state index contributed by atoms with van der Waals surface area (Å²) >= 11 is 0. The zero-order valence-electron chi connectivity index (χ0n) is 5.37. The molecule has 0 rings (SSSR count). The van der Waals surface area contributed by atoms with Gasteiger partial charge < -0.3 is 15.7 Å². The lowest BCUT2D eigenvalue weighted by atomic mass is 10.5. The van der Waals surface area contributed by atoms with Gasteiger partial charge in [-0.1, -0.05) is 0 Å². The third-order valence-corrected chi connectivity index (χ3v) is 0.936. The van der Waals surface area contributed by atoms with E-state index in [-0.39, 0.29) is 13.2 Å². The average Bonchev–Trinajstić information content (AvgIpc) is 1.82. The van der Waals surface area contributed by atoms with E-state index in [1.54, 1.807) is 6.92 Å². The number of hydrogen-bond donors (Lipinski definition) is 2. The van der Waals surface area contributed by atoms with Crippen molar-refractivity contribution in [3.05, 3.63) is 6.54 Å². The van der Waals surface area contributed by atoms with Crippen molar-refractivity contribution < 1.29 is 9.90 Å². The van der Waals surface area contributed by atoms with Crippen molar-refractivity contribution in [2.75, 3.05) is 13.2 Å². The van der Waals surface area contributed by atoms with Crippen LogP contribution in [0.1, 0.15) is 6.92 Å². The van der Waals surface area contributed by atoms with Gasteiger partial charge in [0.1, 0.15) is 0 Å². The van der Waals surface area contributed by atoms with Gasteiger partial charge in [-0.25, -0.2) is 4.79 Å². The van der Waals surface area contributed by atoms with Gasteiger partial charge in [-0.15, -0.1) is 0 Å². The Kier molecular flexibility index (Phi) is 3.79. The Balaban J connectivity index is 3.54. The van der Waals surface area contributed by atoms with Crippen molar-refractivity contribution in [2.45, 2.75) is 6.92 Å². The first kappa shape index (κ1) is 8.23. The van der Waals surface area contributed by atoms with Crippen LogP contribution in [0.3, 0.4) is 0 Å². The summed E-state index contributed by atoms with van der Waals surface area (Å²) in [6, 6.07) is -0.536. The molecular weight excluding hydrogens is 120 g/mol. The van der Waals surface area contributed by atoms with Gasteiger partial charge in [0, 0.05) is 6.54 Å². The highest BCUT2D eigenvalue weighted by Gasteiger charge is 2.03. The first-order valence-electron chi connectivity index (χ1n) is 2.68. The van der Waals surface area contributed by atoms with Crippen molar-refractivity contribution in [1.82, 2.24) is 4.90 Å². The Labute approximate surface area is 54.3 Å². The number of aliphatic hydroxyl groups is 1. The molecule has 0 heterocycles. The van der Waals surface area contributed by atoms with E-state index in [2.05, 4.69) is 0 Å². The molecule has 0 aromatic heterocycles. The number of amides is 2. The molecule has 1 radical (unpaired) electrons. The smallest absolute Gasteiger partial charge is 0.315 e.